The van der Waals surface area contributed by atoms with E-state index in [1.54, 1.807) is 0 Å². The molecular formula is C11H23NO. The lowest BCUT2D eigenvalue weighted by Crippen LogP contribution is -2.44. The van der Waals surface area contributed by atoms with Crippen LogP contribution in [0.15, 0.2) is 0 Å². The molecule has 2 nitrogen and oxygen atoms in total. The lowest BCUT2D eigenvalue weighted by molar-refractivity contribution is -0.0316. The predicted octanol–water partition coefficient (Wildman–Crippen LogP) is 2.32. The maximum Gasteiger partial charge on any atom is 0.0637 e. The Morgan fingerprint density at radius 1 is 1.31 bits per heavy atom. The summed E-state index contributed by atoms with van der Waals surface area (Å²) in [6.45, 7) is 2.99. The summed E-state index contributed by atoms with van der Waals surface area (Å²) in [6, 6.07) is 0. The fourth-order valence-corrected chi connectivity index (χ4v) is 2.76. The molecular weight excluding hydrogens is 162 g/mol. The largest absolute Gasteiger partial charge is 0.381 e. The number of hydrogen-bond acceptors (Lipinski definition) is 2. The second-order valence-corrected chi connectivity index (χ2v) is 4.26. The monoisotopic (exact) mass is 185 g/mol. The molecule has 0 radical (unpaired) electrons. The smallest absolute Gasteiger partial charge is 0.0637 e. The van der Waals surface area contributed by atoms with Gasteiger partial charge in [-0.2, -0.15) is 0 Å². The van der Waals surface area contributed by atoms with Crippen molar-refractivity contribution in [3.63, 3.8) is 0 Å². The highest BCUT2D eigenvalue weighted by Gasteiger charge is 2.37. The van der Waals surface area contributed by atoms with Gasteiger partial charge in [0.25, 0.3) is 0 Å². The van der Waals surface area contributed by atoms with Gasteiger partial charge in [0.1, 0.15) is 0 Å². The molecule has 0 heterocycles. The third kappa shape index (κ3) is 2.23. The normalized spacial score (nSPS) is 24.2. The molecule has 1 saturated carbocycles. The van der Waals surface area contributed by atoms with Crippen molar-refractivity contribution in [1.82, 2.24) is 0 Å². The van der Waals surface area contributed by atoms with E-state index in [2.05, 4.69) is 6.92 Å². The van der Waals surface area contributed by atoms with Crippen LogP contribution in [0, 0.1) is 5.41 Å². The van der Waals surface area contributed by atoms with Crippen LogP contribution >= 0.6 is 0 Å². The first-order chi connectivity index (χ1) is 6.29. The molecule has 2 N–H and O–H groups in total. The van der Waals surface area contributed by atoms with Crippen molar-refractivity contribution in [2.45, 2.75) is 51.6 Å². The summed E-state index contributed by atoms with van der Waals surface area (Å²) in [6.07, 6.45) is 8.02. The van der Waals surface area contributed by atoms with Gasteiger partial charge in [-0.3, -0.25) is 0 Å². The summed E-state index contributed by atoms with van der Waals surface area (Å²) in [4.78, 5) is 0. The van der Waals surface area contributed by atoms with Crippen molar-refractivity contribution in [3.05, 3.63) is 0 Å². The maximum atomic E-state index is 5.91. The Balaban J connectivity index is 2.64. The molecule has 0 saturated heterocycles. The highest BCUT2D eigenvalue weighted by atomic mass is 16.5. The van der Waals surface area contributed by atoms with Crippen LogP contribution in [0.3, 0.4) is 0 Å². The Hall–Kier alpha value is -0.0800. The number of nitrogens with two attached hydrogens (primary N) is 1. The molecule has 0 aromatic heterocycles. The van der Waals surface area contributed by atoms with Crippen LogP contribution in [0.4, 0.5) is 0 Å². The van der Waals surface area contributed by atoms with Gasteiger partial charge in [-0.1, -0.05) is 26.2 Å². The van der Waals surface area contributed by atoms with E-state index >= 15 is 0 Å². The van der Waals surface area contributed by atoms with Gasteiger partial charge in [-0.15, -0.1) is 0 Å². The predicted molar refractivity (Wildman–Crippen MR) is 55.7 cm³/mol. The second-order valence-electron chi connectivity index (χ2n) is 4.26. The van der Waals surface area contributed by atoms with Crippen molar-refractivity contribution in [2.75, 3.05) is 13.7 Å². The van der Waals surface area contributed by atoms with E-state index in [1.807, 2.05) is 7.11 Å². The lowest BCUT2D eigenvalue weighted by Gasteiger charge is -2.41. The molecule has 1 atom stereocenters. The first-order valence-electron chi connectivity index (χ1n) is 5.52. The Labute approximate surface area is 81.8 Å². The number of methoxy groups -OCH3 is 1. The van der Waals surface area contributed by atoms with Crippen LogP contribution in [0.1, 0.15) is 45.4 Å². The topological polar surface area (TPSA) is 35.2 Å². The highest BCUT2D eigenvalue weighted by molar-refractivity contribution is 4.90. The van der Waals surface area contributed by atoms with Gasteiger partial charge in [0.05, 0.1) is 6.10 Å². The first-order valence-corrected chi connectivity index (χ1v) is 5.52. The molecule has 1 aliphatic carbocycles. The van der Waals surface area contributed by atoms with Crippen LogP contribution in [-0.2, 0) is 4.74 Å². The van der Waals surface area contributed by atoms with Gasteiger partial charge >= 0.3 is 0 Å². The summed E-state index contributed by atoms with van der Waals surface area (Å²) in [5.41, 5.74) is 6.20. The van der Waals surface area contributed by atoms with Crippen molar-refractivity contribution in [2.24, 2.45) is 11.1 Å². The quantitative estimate of drug-likeness (QED) is 0.729. The van der Waals surface area contributed by atoms with Crippen LogP contribution in [0.2, 0.25) is 0 Å². The molecule has 0 aromatic carbocycles. The number of ether oxygens (including phenoxy) is 1. The zero-order valence-electron chi connectivity index (χ0n) is 9.01. The standard InChI is InChI=1S/C11H23NO/c1-3-10(13-2)11(9-12)7-5-4-6-8-11/h10H,3-9,12H2,1-2H3. The van der Waals surface area contributed by atoms with Crippen molar-refractivity contribution < 1.29 is 4.74 Å². The van der Waals surface area contributed by atoms with E-state index in [-0.39, 0.29) is 0 Å². The van der Waals surface area contributed by atoms with E-state index < -0.39 is 0 Å². The molecule has 13 heavy (non-hydrogen) atoms. The van der Waals surface area contributed by atoms with Gasteiger partial charge in [0.2, 0.25) is 0 Å². The van der Waals surface area contributed by atoms with Crippen molar-refractivity contribution in [3.8, 4) is 0 Å². The summed E-state index contributed by atoms with van der Waals surface area (Å²) >= 11 is 0. The minimum absolute atomic E-state index is 0.293. The van der Waals surface area contributed by atoms with Crippen LogP contribution in [0.25, 0.3) is 0 Å². The summed E-state index contributed by atoms with van der Waals surface area (Å²) in [7, 11) is 1.82. The van der Waals surface area contributed by atoms with Gasteiger partial charge in [-0.25, -0.2) is 0 Å². The molecule has 0 bridgehead atoms. The molecule has 1 unspecified atom stereocenters. The maximum absolute atomic E-state index is 5.91. The van der Waals surface area contributed by atoms with E-state index in [1.165, 1.54) is 32.1 Å². The Morgan fingerprint density at radius 2 is 1.92 bits per heavy atom. The molecule has 0 aliphatic heterocycles. The van der Waals surface area contributed by atoms with Crippen LogP contribution in [0.5, 0.6) is 0 Å². The van der Waals surface area contributed by atoms with Gasteiger partial charge in [-0.05, 0) is 19.3 Å². The number of rotatable bonds is 4. The Kier molecular flexibility index (Phi) is 4.20. The van der Waals surface area contributed by atoms with Crippen LogP contribution < -0.4 is 5.73 Å². The highest BCUT2D eigenvalue weighted by Crippen LogP contribution is 2.40. The Morgan fingerprint density at radius 3 is 2.31 bits per heavy atom. The minimum Gasteiger partial charge on any atom is -0.381 e. The molecule has 1 rings (SSSR count). The lowest BCUT2D eigenvalue weighted by atomic mass is 9.69. The van der Waals surface area contributed by atoms with E-state index in [0.29, 0.717) is 11.5 Å². The molecule has 0 amide bonds. The van der Waals surface area contributed by atoms with E-state index in [9.17, 15) is 0 Å². The zero-order chi connectivity index (χ0) is 9.73. The molecule has 0 spiro atoms. The molecule has 2 heteroatoms. The van der Waals surface area contributed by atoms with E-state index in [0.717, 1.165) is 13.0 Å². The summed E-state index contributed by atoms with van der Waals surface area (Å²) in [5, 5.41) is 0. The first kappa shape index (κ1) is 11.0. The summed E-state index contributed by atoms with van der Waals surface area (Å²) < 4.78 is 5.55. The fourth-order valence-electron chi connectivity index (χ4n) is 2.76. The third-order valence-electron chi connectivity index (χ3n) is 3.59. The summed E-state index contributed by atoms with van der Waals surface area (Å²) in [5.74, 6) is 0. The zero-order valence-corrected chi connectivity index (χ0v) is 9.01. The average molecular weight is 185 g/mol. The SMILES string of the molecule is CCC(OC)C1(CN)CCCCC1. The minimum atomic E-state index is 0.293. The van der Waals surface area contributed by atoms with Gasteiger partial charge in [0, 0.05) is 19.1 Å². The Bertz CT molecular complexity index is 137. The molecule has 78 valence electrons. The van der Waals surface area contributed by atoms with Gasteiger partial charge in [0.15, 0.2) is 0 Å². The molecule has 1 fully saturated rings. The average Bonchev–Trinajstić information content (AvgIpc) is 2.21. The van der Waals surface area contributed by atoms with E-state index in [4.69, 9.17) is 10.5 Å². The second kappa shape index (κ2) is 4.97. The van der Waals surface area contributed by atoms with Gasteiger partial charge < -0.3 is 10.5 Å². The number of hydrogen-bond donors (Lipinski definition) is 1. The van der Waals surface area contributed by atoms with Crippen LogP contribution in [-0.4, -0.2) is 19.8 Å². The third-order valence-corrected chi connectivity index (χ3v) is 3.59. The fraction of sp³-hybridized carbons (Fsp3) is 1.00. The molecule has 0 aromatic rings. The van der Waals surface area contributed by atoms with Crippen molar-refractivity contribution >= 4 is 0 Å². The van der Waals surface area contributed by atoms with Crippen molar-refractivity contribution in [1.29, 1.82) is 0 Å². The molecule has 1 aliphatic rings.